The quantitative estimate of drug-likeness (QED) is 0.689. The van der Waals surface area contributed by atoms with Crippen molar-refractivity contribution in [2.75, 3.05) is 27.4 Å². The van der Waals surface area contributed by atoms with Gasteiger partial charge >= 0.3 is 18.0 Å². The van der Waals surface area contributed by atoms with Crippen LogP contribution in [0.15, 0.2) is 29.5 Å². The first-order valence-corrected chi connectivity index (χ1v) is 8.28. The number of hydrogen-bond acceptors (Lipinski definition) is 7. The van der Waals surface area contributed by atoms with Crippen LogP contribution >= 0.6 is 0 Å². The maximum absolute atomic E-state index is 12.5. The lowest BCUT2D eigenvalue weighted by molar-refractivity contribution is -0.139. The normalized spacial score (nSPS) is 16.1. The van der Waals surface area contributed by atoms with Gasteiger partial charge < -0.3 is 29.6 Å². The van der Waals surface area contributed by atoms with Crippen LogP contribution in [0, 0.1) is 0 Å². The minimum atomic E-state index is -0.693. The first-order chi connectivity index (χ1) is 12.9. The molecule has 2 rings (SSSR count). The summed E-state index contributed by atoms with van der Waals surface area (Å²) >= 11 is 0. The molecule has 1 aliphatic rings. The van der Waals surface area contributed by atoms with Crippen molar-refractivity contribution in [2.24, 2.45) is 0 Å². The van der Waals surface area contributed by atoms with Gasteiger partial charge in [0, 0.05) is 0 Å². The Morgan fingerprint density at radius 1 is 1.11 bits per heavy atom. The van der Waals surface area contributed by atoms with Crippen LogP contribution in [-0.4, -0.2) is 51.4 Å². The van der Waals surface area contributed by atoms with Crippen molar-refractivity contribution in [1.82, 2.24) is 10.6 Å². The first-order valence-electron chi connectivity index (χ1n) is 8.28. The van der Waals surface area contributed by atoms with Gasteiger partial charge in [-0.3, -0.25) is 0 Å². The number of esters is 2. The molecule has 1 unspecified atom stereocenters. The van der Waals surface area contributed by atoms with Crippen molar-refractivity contribution >= 4 is 18.0 Å². The molecule has 146 valence electrons. The predicted octanol–water partition coefficient (Wildman–Crippen LogP) is 1.38. The molecule has 1 aromatic carbocycles. The van der Waals surface area contributed by atoms with Gasteiger partial charge in [0.25, 0.3) is 0 Å². The number of nitrogens with one attached hydrogen (secondary N) is 2. The molecule has 2 N–H and O–H groups in total. The lowest BCUT2D eigenvalue weighted by Crippen LogP contribution is -2.50. The van der Waals surface area contributed by atoms with Crippen molar-refractivity contribution in [3.05, 3.63) is 35.0 Å². The van der Waals surface area contributed by atoms with E-state index in [1.54, 1.807) is 26.0 Å². The lowest BCUT2D eigenvalue weighted by Gasteiger charge is -2.26. The number of rotatable bonds is 7. The predicted molar refractivity (Wildman–Crippen MR) is 94.6 cm³/mol. The van der Waals surface area contributed by atoms with Gasteiger partial charge in [0.15, 0.2) is 0 Å². The Morgan fingerprint density at radius 2 is 1.85 bits per heavy atom. The summed E-state index contributed by atoms with van der Waals surface area (Å²) in [6.07, 6.45) is 0. The van der Waals surface area contributed by atoms with Gasteiger partial charge in [-0.2, -0.15) is 0 Å². The van der Waals surface area contributed by atoms with Gasteiger partial charge in [0.2, 0.25) is 0 Å². The van der Waals surface area contributed by atoms with Crippen LogP contribution in [0.2, 0.25) is 0 Å². The summed E-state index contributed by atoms with van der Waals surface area (Å²) in [6.45, 7) is 3.17. The van der Waals surface area contributed by atoms with Crippen LogP contribution in [0.1, 0.15) is 24.2 Å². The second-order valence-corrected chi connectivity index (χ2v) is 5.58. The third-order valence-electron chi connectivity index (χ3n) is 3.84. The molecule has 1 heterocycles. The highest BCUT2D eigenvalue weighted by Gasteiger charge is 2.30. The molecule has 0 spiro atoms. The molecule has 0 bridgehead atoms. The van der Waals surface area contributed by atoms with Crippen LogP contribution in [0.25, 0.3) is 0 Å². The fourth-order valence-corrected chi connectivity index (χ4v) is 2.58. The molecular weight excluding hydrogens is 356 g/mol. The Kier molecular flexibility index (Phi) is 6.64. The highest BCUT2D eigenvalue weighted by molar-refractivity contribution is 5.95. The minimum Gasteiger partial charge on any atom is -0.497 e. The molecule has 0 radical (unpaired) electrons. The molecule has 0 fully saturated rings. The fourth-order valence-electron chi connectivity index (χ4n) is 2.58. The number of urea groups is 1. The van der Waals surface area contributed by atoms with E-state index in [0.29, 0.717) is 11.5 Å². The summed E-state index contributed by atoms with van der Waals surface area (Å²) in [4.78, 5) is 36.4. The van der Waals surface area contributed by atoms with Crippen LogP contribution in [0.4, 0.5) is 4.79 Å². The Bertz CT molecular complexity index is 773. The Morgan fingerprint density at radius 3 is 2.48 bits per heavy atom. The van der Waals surface area contributed by atoms with Gasteiger partial charge in [-0.25, -0.2) is 14.4 Å². The smallest absolute Gasteiger partial charge is 0.342 e. The molecule has 1 aliphatic heterocycles. The van der Waals surface area contributed by atoms with Crippen molar-refractivity contribution in [2.45, 2.75) is 19.9 Å². The third kappa shape index (κ3) is 4.69. The van der Waals surface area contributed by atoms with E-state index in [2.05, 4.69) is 10.6 Å². The van der Waals surface area contributed by atoms with Crippen LogP contribution in [0.3, 0.4) is 0 Å². The topological polar surface area (TPSA) is 112 Å². The largest absolute Gasteiger partial charge is 0.497 e. The molecule has 0 aromatic heterocycles. The standard InChI is InChI=1S/C18H22N2O7/c1-5-26-17(22)15-10(2)19-18(23)20-13(15)9-27-16(21)12-8-11(24-3)6-7-14(12)25-4/h6-8,10H,5,9H2,1-4H3,(H2,19,20,23). The van der Waals surface area contributed by atoms with Crippen LogP contribution in [0.5, 0.6) is 11.5 Å². The number of benzene rings is 1. The average molecular weight is 378 g/mol. The average Bonchev–Trinajstić information content (AvgIpc) is 2.65. The van der Waals surface area contributed by atoms with Gasteiger partial charge in [0.05, 0.1) is 38.1 Å². The first kappa shape index (κ1) is 20.1. The molecule has 9 heteroatoms. The van der Waals surface area contributed by atoms with Crippen LogP contribution < -0.4 is 20.1 Å². The molecule has 0 saturated heterocycles. The van der Waals surface area contributed by atoms with Gasteiger partial charge in [-0.05, 0) is 32.0 Å². The summed E-state index contributed by atoms with van der Waals surface area (Å²) in [6, 6.07) is 3.61. The lowest BCUT2D eigenvalue weighted by atomic mass is 10.0. The maximum atomic E-state index is 12.5. The van der Waals surface area contributed by atoms with E-state index in [-0.39, 0.29) is 30.0 Å². The Labute approximate surface area is 156 Å². The van der Waals surface area contributed by atoms with E-state index < -0.39 is 24.0 Å². The number of hydrogen-bond donors (Lipinski definition) is 2. The molecule has 1 aromatic rings. The van der Waals surface area contributed by atoms with Crippen LogP contribution in [-0.2, 0) is 14.3 Å². The monoisotopic (exact) mass is 378 g/mol. The van der Waals surface area contributed by atoms with Gasteiger partial charge in [-0.1, -0.05) is 0 Å². The number of methoxy groups -OCH3 is 2. The number of carbonyl (C=O) groups excluding carboxylic acids is 3. The van der Waals surface area contributed by atoms with E-state index in [1.165, 1.54) is 20.3 Å². The summed E-state index contributed by atoms with van der Waals surface area (Å²) in [5, 5.41) is 5.06. The number of carbonyl (C=O) groups is 3. The molecule has 27 heavy (non-hydrogen) atoms. The number of amides is 2. The summed E-state index contributed by atoms with van der Waals surface area (Å²) in [5.41, 5.74) is 0.519. The Hall–Kier alpha value is -3.23. The second-order valence-electron chi connectivity index (χ2n) is 5.58. The zero-order valence-corrected chi connectivity index (χ0v) is 15.6. The zero-order chi connectivity index (χ0) is 20.0. The minimum absolute atomic E-state index is 0.156. The van der Waals surface area contributed by atoms with E-state index in [9.17, 15) is 14.4 Å². The third-order valence-corrected chi connectivity index (χ3v) is 3.84. The highest BCUT2D eigenvalue weighted by Crippen LogP contribution is 2.25. The molecule has 9 nitrogen and oxygen atoms in total. The van der Waals surface area contributed by atoms with E-state index in [0.717, 1.165) is 0 Å². The Balaban J connectivity index is 2.24. The van der Waals surface area contributed by atoms with E-state index in [1.807, 2.05) is 0 Å². The second kappa shape index (κ2) is 8.93. The van der Waals surface area contributed by atoms with Gasteiger partial charge in [0.1, 0.15) is 23.7 Å². The number of ether oxygens (including phenoxy) is 4. The summed E-state index contributed by atoms with van der Waals surface area (Å²) < 4.78 is 20.6. The van der Waals surface area contributed by atoms with E-state index >= 15 is 0 Å². The SMILES string of the molecule is CCOC(=O)C1=C(COC(=O)c2cc(OC)ccc2OC)NC(=O)NC1C. The summed E-state index contributed by atoms with van der Waals surface area (Å²) in [7, 11) is 2.90. The molecule has 0 saturated carbocycles. The fraction of sp³-hybridized carbons (Fsp3) is 0.389. The molecular formula is C18H22N2O7. The van der Waals surface area contributed by atoms with Crippen molar-refractivity contribution < 1.29 is 33.3 Å². The van der Waals surface area contributed by atoms with Gasteiger partial charge in [-0.15, -0.1) is 0 Å². The summed E-state index contributed by atoms with van der Waals surface area (Å²) in [5.74, 6) is -0.523. The van der Waals surface area contributed by atoms with Crippen molar-refractivity contribution in [3.63, 3.8) is 0 Å². The highest BCUT2D eigenvalue weighted by atomic mass is 16.5. The maximum Gasteiger partial charge on any atom is 0.342 e. The molecule has 2 amide bonds. The van der Waals surface area contributed by atoms with Crippen molar-refractivity contribution in [3.8, 4) is 11.5 Å². The zero-order valence-electron chi connectivity index (χ0n) is 15.6. The molecule has 1 atom stereocenters. The van der Waals surface area contributed by atoms with E-state index in [4.69, 9.17) is 18.9 Å². The molecule has 0 aliphatic carbocycles. The van der Waals surface area contributed by atoms with Crippen molar-refractivity contribution in [1.29, 1.82) is 0 Å².